The predicted octanol–water partition coefficient (Wildman–Crippen LogP) is 3.24. The van der Waals surface area contributed by atoms with Gasteiger partial charge in [0.25, 0.3) is 5.24 Å². The molecule has 1 aromatic carbocycles. The molecule has 0 radical (unpaired) electrons. The summed E-state index contributed by atoms with van der Waals surface area (Å²) in [7, 11) is 0. The number of tetrazole rings is 1. The number of hydrogen-bond acceptors (Lipinski definition) is 6. The average Bonchev–Trinajstić information content (AvgIpc) is 3.39. The van der Waals surface area contributed by atoms with Crippen molar-refractivity contribution in [2.24, 2.45) is 0 Å². The number of aryl methyl sites for hydroxylation is 1. The Labute approximate surface area is 173 Å². The average molecular weight is 418 g/mol. The number of carbonyl (C=O) groups is 1. The summed E-state index contributed by atoms with van der Waals surface area (Å²) in [6.07, 6.45) is 6.74. The van der Waals surface area contributed by atoms with Gasteiger partial charge in [-0.2, -0.15) is 5.21 Å². The molecule has 2 heterocycles. The molecule has 1 saturated heterocycles. The molecule has 7 nitrogen and oxygen atoms in total. The smallest absolute Gasteiger partial charge is 0.282 e. The highest BCUT2D eigenvalue weighted by Crippen LogP contribution is 2.27. The van der Waals surface area contributed by atoms with Gasteiger partial charge in [0.05, 0.1) is 6.04 Å². The van der Waals surface area contributed by atoms with E-state index in [1.807, 2.05) is 12.2 Å². The van der Waals surface area contributed by atoms with Crippen molar-refractivity contribution in [1.82, 2.24) is 25.5 Å². The molecule has 2 N–H and O–H groups in total. The molecular formula is C20H24FN5O2S. The van der Waals surface area contributed by atoms with Gasteiger partial charge in [-0.3, -0.25) is 4.79 Å². The highest BCUT2D eigenvalue weighted by Gasteiger charge is 2.29. The second kappa shape index (κ2) is 10.9. The number of thioether (sulfide) groups is 1. The maximum absolute atomic E-state index is 14.4. The van der Waals surface area contributed by atoms with Gasteiger partial charge < -0.3 is 10.0 Å². The Balaban J connectivity index is 1.46. The lowest BCUT2D eigenvalue weighted by molar-refractivity contribution is 0.116. The number of aliphatic hydroxyl groups excluding tert-OH is 1. The van der Waals surface area contributed by atoms with E-state index >= 15 is 0 Å². The number of halogens is 1. The summed E-state index contributed by atoms with van der Waals surface area (Å²) in [6, 6.07) is 8.43. The number of aromatic nitrogens is 4. The molecule has 1 fully saturated rings. The van der Waals surface area contributed by atoms with Gasteiger partial charge in [0, 0.05) is 18.7 Å². The number of hydrogen-bond donors (Lipinski definition) is 2. The van der Waals surface area contributed by atoms with Gasteiger partial charge in [-0.15, -0.1) is 10.2 Å². The third-order valence-electron chi connectivity index (χ3n) is 4.59. The number of H-pyrrole nitrogens is 1. The first-order valence-electron chi connectivity index (χ1n) is 9.51. The van der Waals surface area contributed by atoms with E-state index in [-0.39, 0.29) is 11.3 Å². The van der Waals surface area contributed by atoms with Crippen LogP contribution in [0.4, 0.5) is 9.18 Å². The van der Waals surface area contributed by atoms with E-state index < -0.39 is 12.3 Å². The summed E-state index contributed by atoms with van der Waals surface area (Å²) < 4.78 is 14.4. The van der Waals surface area contributed by atoms with Crippen LogP contribution in [0.1, 0.15) is 30.4 Å². The normalized spacial score (nSPS) is 19.4. The summed E-state index contributed by atoms with van der Waals surface area (Å²) in [4.78, 5) is 13.9. The van der Waals surface area contributed by atoms with Crippen molar-refractivity contribution in [2.45, 2.75) is 37.6 Å². The molecule has 3 rings (SSSR count). The molecule has 0 saturated carbocycles. The minimum Gasteiger partial charge on any atom is -0.386 e. The predicted molar refractivity (Wildman–Crippen MR) is 110 cm³/mol. The lowest BCUT2D eigenvalue weighted by Crippen LogP contribution is -2.32. The Morgan fingerprint density at radius 3 is 2.86 bits per heavy atom. The third-order valence-corrected chi connectivity index (χ3v) is 5.58. The van der Waals surface area contributed by atoms with Crippen molar-refractivity contribution in [3.8, 4) is 0 Å². The SMILES string of the molecule is O=C1SCC(/C=C/C(O)C(F)c2ccccc2)N1CC/C=C\CCc1nn[nH]n1. The van der Waals surface area contributed by atoms with Crippen LogP contribution in [0.5, 0.6) is 0 Å². The molecule has 29 heavy (non-hydrogen) atoms. The monoisotopic (exact) mass is 417 g/mol. The zero-order valence-corrected chi connectivity index (χ0v) is 16.7. The molecule has 9 heteroatoms. The van der Waals surface area contributed by atoms with E-state index in [2.05, 4.69) is 20.6 Å². The Morgan fingerprint density at radius 2 is 2.10 bits per heavy atom. The lowest BCUT2D eigenvalue weighted by atomic mass is 10.0. The Hall–Kier alpha value is -2.52. The number of nitrogens with zero attached hydrogens (tertiary/aromatic N) is 4. The van der Waals surface area contributed by atoms with Crippen LogP contribution in [0.25, 0.3) is 0 Å². The Bertz CT molecular complexity index is 816. The van der Waals surface area contributed by atoms with Crippen molar-refractivity contribution in [3.63, 3.8) is 0 Å². The molecule has 1 aromatic heterocycles. The first kappa shape index (κ1) is 21.2. The molecule has 1 aliphatic rings. The number of benzene rings is 1. The van der Waals surface area contributed by atoms with E-state index in [1.165, 1.54) is 17.8 Å². The lowest BCUT2D eigenvalue weighted by Gasteiger charge is -2.21. The fourth-order valence-corrected chi connectivity index (χ4v) is 4.00. The van der Waals surface area contributed by atoms with Crippen molar-refractivity contribution < 1.29 is 14.3 Å². The molecule has 3 unspecified atom stereocenters. The fraction of sp³-hybridized carbons (Fsp3) is 0.400. The van der Waals surface area contributed by atoms with Crippen molar-refractivity contribution >= 4 is 17.0 Å². The molecule has 1 amide bonds. The van der Waals surface area contributed by atoms with Crippen LogP contribution < -0.4 is 0 Å². The van der Waals surface area contributed by atoms with Crippen molar-refractivity contribution in [2.75, 3.05) is 12.3 Å². The summed E-state index contributed by atoms with van der Waals surface area (Å²) in [5.41, 5.74) is 0.435. The molecule has 0 aliphatic carbocycles. The van der Waals surface area contributed by atoms with Gasteiger partial charge in [-0.05, 0) is 18.4 Å². The third kappa shape index (κ3) is 6.23. The summed E-state index contributed by atoms with van der Waals surface area (Å²) in [6.45, 7) is 0.577. The van der Waals surface area contributed by atoms with Crippen LogP contribution in [-0.2, 0) is 6.42 Å². The number of nitrogens with one attached hydrogen (secondary N) is 1. The molecule has 0 spiro atoms. The van der Waals surface area contributed by atoms with E-state index in [0.29, 0.717) is 30.1 Å². The Morgan fingerprint density at radius 1 is 1.31 bits per heavy atom. The highest BCUT2D eigenvalue weighted by atomic mass is 32.2. The van der Waals surface area contributed by atoms with Gasteiger partial charge in [0.1, 0.15) is 6.10 Å². The van der Waals surface area contributed by atoms with Crippen LogP contribution in [0.2, 0.25) is 0 Å². The number of allylic oxidation sites excluding steroid dienone is 1. The number of aromatic amines is 1. The minimum atomic E-state index is -1.49. The zero-order valence-electron chi connectivity index (χ0n) is 15.9. The fourth-order valence-electron chi connectivity index (χ4n) is 3.01. The molecule has 1 aliphatic heterocycles. The first-order chi connectivity index (χ1) is 14.1. The van der Waals surface area contributed by atoms with Crippen LogP contribution >= 0.6 is 11.8 Å². The quantitative estimate of drug-likeness (QED) is 0.576. The van der Waals surface area contributed by atoms with Crippen LogP contribution in [-0.4, -0.2) is 60.3 Å². The number of rotatable bonds is 10. The number of carbonyl (C=O) groups excluding carboxylic acids is 1. The first-order valence-corrected chi connectivity index (χ1v) is 10.5. The maximum atomic E-state index is 14.4. The van der Waals surface area contributed by atoms with Crippen LogP contribution in [0.3, 0.4) is 0 Å². The van der Waals surface area contributed by atoms with E-state index in [4.69, 9.17) is 0 Å². The zero-order chi connectivity index (χ0) is 20.5. The van der Waals surface area contributed by atoms with Crippen LogP contribution in [0.15, 0.2) is 54.6 Å². The standard InChI is InChI=1S/C20H24FN5O2S/c21-19(15-8-4-3-5-9-15)17(27)12-11-16-14-29-20(28)26(16)13-7-2-1-6-10-18-22-24-25-23-18/h1-5,8-9,11-12,16-17,19,27H,6-7,10,13-14H2,(H,22,23,24,25)/b2-1-,12-11+. The van der Waals surface area contributed by atoms with E-state index in [0.717, 1.165) is 12.8 Å². The largest absolute Gasteiger partial charge is 0.386 e. The van der Waals surface area contributed by atoms with Gasteiger partial charge in [-0.25, -0.2) is 4.39 Å². The Kier molecular flexibility index (Phi) is 7.94. The topological polar surface area (TPSA) is 95.0 Å². The van der Waals surface area contributed by atoms with Crippen molar-refractivity contribution in [3.05, 3.63) is 66.0 Å². The van der Waals surface area contributed by atoms with Crippen molar-refractivity contribution in [1.29, 1.82) is 0 Å². The summed E-state index contributed by atoms with van der Waals surface area (Å²) in [5, 5.41) is 23.9. The number of aliphatic hydroxyl groups is 1. The minimum absolute atomic E-state index is 0.00851. The van der Waals surface area contributed by atoms with E-state index in [1.54, 1.807) is 41.3 Å². The molecule has 3 atom stereocenters. The van der Waals surface area contributed by atoms with Gasteiger partial charge in [0.2, 0.25) is 0 Å². The van der Waals surface area contributed by atoms with Crippen LogP contribution in [0, 0.1) is 0 Å². The highest BCUT2D eigenvalue weighted by molar-refractivity contribution is 8.13. The number of alkyl halides is 1. The maximum Gasteiger partial charge on any atom is 0.282 e. The molecule has 0 bridgehead atoms. The van der Waals surface area contributed by atoms with Gasteiger partial charge in [0.15, 0.2) is 12.0 Å². The molecule has 2 aromatic rings. The van der Waals surface area contributed by atoms with Gasteiger partial charge >= 0.3 is 0 Å². The molecular weight excluding hydrogens is 393 g/mol. The second-order valence-corrected chi connectivity index (χ2v) is 7.62. The molecule has 154 valence electrons. The van der Waals surface area contributed by atoms with Gasteiger partial charge in [-0.1, -0.05) is 71.6 Å². The number of amides is 1. The summed E-state index contributed by atoms with van der Waals surface area (Å²) >= 11 is 1.25. The second-order valence-electron chi connectivity index (χ2n) is 6.65. The summed E-state index contributed by atoms with van der Waals surface area (Å²) in [5.74, 6) is 1.28. The van der Waals surface area contributed by atoms with E-state index in [9.17, 15) is 14.3 Å².